The predicted octanol–water partition coefficient (Wildman–Crippen LogP) is 3.42. The maximum Gasteiger partial charge on any atom is 0.236 e. The molecule has 0 bridgehead atoms. The Morgan fingerprint density at radius 2 is 2.00 bits per heavy atom. The molecule has 46 heavy (non-hydrogen) atoms. The summed E-state index contributed by atoms with van der Waals surface area (Å²) in [7, 11) is 5.54. The van der Waals surface area contributed by atoms with Crippen molar-refractivity contribution in [1.82, 2.24) is 34.3 Å². The zero-order valence-electron chi connectivity index (χ0n) is 25.8. The van der Waals surface area contributed by atoms with Crippen LogP contribution in [0, 0.1) is 17.1 Å². The van der Waals surface area contributed by atoms with Crippen molar-refractivity contribution in [3.05, 3.63) is 57.4 Å². The third kappa shape index (κ3) is 5.43. The predicted molar refractivity (Wildman–Crippen MR) is 172 cm³/mol. The van der Waals surface area contributed by atoms with E-state index in [4.69, 9.17) is 19.8 Å². The second-order valence-electron chi connectivity index (χ2n) is 11.9. The van der Waals surface area contributed by atoms with E-state index in [1.807, 2.05) is 23.5 Å². The van der Waals surface area contributed by atoms with Crippen molar-refractivity contribution in [2.24, 2.45) is 0 Å². The number of halogens is 1. The standard InChI is InChI=1S/C31H34FN9O3S2/c1-37(17-26(43)39-15-20(42)16-39)25-13-21(23-5-4-11-40(23)25)28-36-41-29(22(10-12-44-3)34-31(41)46-28)38(2)30-35-27(24(14-33)45-30)18-6-8-19(32)9-7-18/h5-9,20-21,25,42H,4,10-13,15-17H2,1-3H3/t21-,25?/m1/s1. The highest BCUT2D eigenvalue weighted by Crippen LogP contribution is 2.46. The minimum atomic E-state index is -0.415. The lowest BCUT2D eigenvalue weighted by molar-refractivity contribution is -0.143. The molecule has 4 aromatic rings. The summed E-state index contributed by atoms with van der Waals surface area (Å²) in [4.78, 5) is 31.9. The van der Waals surface area contributed by atoms with Gasteiger partial charge < -0.3 is 24.5 Å². The summed E-state index contributed by atoms with van der Waals surface area (Å²) >= 11 is 2.82. The summed E-state index contributed by atoms with van der Waals surface area (Å²) in [6, 6.07) is 8.22. The summed E-state index contributed by atoms with van der Waals surface area (Å²) < 4.78 is 20.9. The summed E-state index contributed by atoms with van der Waals surface area (Å²) in [6.45, 7) is 2.49. The van der Waals surface area contributed by atoms with E-state index in [0.717, 1.165) is 40.9 Å². The smallest absolute Gasteiger partial charge is 0.236 e. The number of anilines is 2. The van der Waals surface area contributed by atoms with Gasteiger partial charge in [0.05, 0.1) is 37.0 Å². The topological polar surface area (TPSA) is 126 Å². The van der Waals surface area contributed by atoms with Gasteiger partial charge in [-0.05, 0) is 44.2 Å². The zero-order chi connectivity index (χ0) is 32.1. The largest absolute Gasteiger partial charge is 0.389 e. The van der Waals surface area contributed by atoms with Crippen LogP contribution >= 0.6 is 22.7 Å². The van der Waals surface area contributed by atoms with Crippen LogP contribution in [-0.2, 0) is 16.0 Å². The molecule has 0 aliphatic carbocycles. The number of likely N-dealkylation sites (tertiary alicyclic amines) is 1. The van der Waals surface area contributed by atoms with Crippen molar-refractivity contribution < 1.29 is 19.0 Å². The summed E-state index contributed by atoms with van der Waals surface area (Å²) in [5, 5.41) is 26.2. The number of ether oxygens (including phenoxy) is 1. The molecule has 1 unspecified atom stereocenters. The molecule has 3 aliphatic heterocycles. The second-order valence-corrected chi connectivity index (χ2v) is 13.8. The Kier molecular flexibility index (Phi) is 8.24. The van der Waals surface area contributed by atoms with Gasteiger partial charge in [0.2, 0.25) is 10.9 Å². The number of nitriles is 1. The number of thiazole rings is 1. The van der Waals surface area contributed by atoms with Crippen LogP contribution in [-0.4, -0.2) is 112 Å². The zero-order valence-corrected chi connectivity index (χ0v) is 27.4. The Bertz CT molecular complexity index is 1840. The molecule has 15 heteroatoms. The lowest BCUT2D eigenvalue weighted by Crippen LogP contribution is -2.56. The minimum absolute atomic E-state index is 0.0364. The van der Waals surface area contributed by atoms with Gasteiger partial charge in [0.15, 0.2) is 10.9 Å². The highest BCUT2D eigenvalue weighted by atomic mass is 32.1. The molecular weight excluding hydrogens is 630 g/mol. The maximum atomic E-state index is 13.6. The van der Waals surface area contributed by atoms with E-state index in [1.54, 1.807) is 35.5 Å². The lowest BCUT2D eigenvalue weighted by atomic mass is 10.1. The van der Waals surface area contributed by atoms with Gasteiger partial charge in [0, 0.05) is 51.5 Å². The number of carbonyl (C=O) groups is 1. The van der Waals surface area contributed by atoms with E-state index < -0.39 is 6.10 Å². The number of likely N-dealkylation sites (N-methyl/N-ethyl adjacent to an activating group) is 1. The molecule has 2 fully saturated rings. The highest BCUT2D eigenvalue weighted by molar-refractivity contribution is 7.17. The first-order chi connectivity index (χ1) is 22.2. The number of hydrogen-bond donors (Lipinski definition) is 1. The fourth-order valence-corrected chi connectivity index (χ4v) is 8.39. The number of β-amino-alcohol motifs (C(OH)–C–C–N with tert-alkyl or cyclic N) is 1. The van der Waals surface area contributed by atoms with Gasteiger partial charge in [-0.1, -0.05) is 28.7 Å². The molecular formula is C31H34FN9O3S2. The average Bonchev–Trinajstić information content (AvgIpc) is 3.84. The number of carbonyl (C=O) groups excluding carboxylic acids is 1. The molecule has 0 radical (unpaired) electrons. The summed E-state index contributed by atoms with van der Waals surface area (Å²) in [5.41, 5.74) is 3.22. The van der Waals surface area contributed by atoms with Crippen molar-refractivity contribution in [2.45, 2.75) is 37.5 Å². The Balaban J connectivity index is 1.19. The fraction of sp³-hybridized carbons (Fsp3) is 0.452. The number of allylic oxidation sites excluding steroid dienone is 1. The average molecular weight is 664 g/mol. The van der Waals surface area contributed by atoms with Crippen molar-refractivity contribution in [3.8, 4) is 17.3 Å². The molecule has 3 aromatic heterocycles. The molecule has 1 N–H and O–H groups in total. The first-order valence-electron chi connectivity index (χ1n) is 15.2. The number of nitrogens with zero attached hydrogens (tertiary/aromatic N) is 9. The van der Waals surface area contributed by atoms with Crippen molar-refractivity contribution in [1.29, 1.82) is 5.26 Å². The molecule has 0 spiro atoms. The van der Waals surface area contributed by atoms with E-state index in [1.165, 1.54) is 29.2 Å². The number of imidazole rings is 1. The van der Waals surface area contributed by atoms with Gasteiger partial charge >= 0.3 is 0 Å². The lowest BCUT2D eigenvalue weighted by Gasteiger charge is -2.38. The Morgan fingerprint density at radius 3 is 2.72 bits per heavy atom. The van der Waals surface area contributed by atoms with Gasteiger partial charge in [-0.25, -0.2) is 14.4 Å². The Morgan fingerprint density at radius 1 is 1.22 bits per heavy atom. The van der Waals surface area contributed by atoms with Crippen LogP contribution in [0.15, 0.2) is 36.0 Å². The molecule has 240 valence electrons. The van der Waals surface area contributed by atoms with Gasteiger partial charge in [-0.2, -0.15) is 14.9 Å². The molecule has 1 amide bonds. The van der Waals surface area contributed by atoms with Gasteiger partial charge in [0.25, 0.3) is 0 Å². The molecule has 3 aliphatic rings. The van der Waals surface area contributed by atoms with Crippen LogP contribution in [0.4, 0.5) is 15.3 Å². The van der Waals surface area contributed by atoms with Crippen LogP contribution in [0.5, 0.6) is 0 Å². The van der Waals surface area contributed by atoms with Gasteiger partial charge in [-0.15, -0.1) is 0 Å². The normalized spacial score (nSPS) is 19.5. The number of hydrogen-bond acceptors (Lipinski definition) is 12. The molecule has 1 aromatic carbocycles. The molecule has 2 atom stereocenters. The van der Waals surface area contributed by atoms with Gasteiger partial charge in [-0.3, -0.25) is 9.69 Å². The summed E-state index contributed by atoms with van der Waals surface area (Å²) in [6.07, 6.45) is 4.25. The van der Waals surface area contributed by atoms with Crippen molar-refractivity contribution in [3.63, 3.8) is 0 Å². The van der Waals surface area contributed by atoms with E-state index in [0.29, 0.717) is 53.9 Å². The van der Waals surface area contributed by atoms with E-state index >= 15 is 0 Å². The molecule has 12 nitrogen and oxygen atoms in total. The van der Waals surface area contributed by atoms with E-state index in [2.05, 4.69) is 21.9 Å². The third-order valence-electron chi connectivity index (χ3n) is 8.87. The third-order valence-corrected chi connectivity index (χ3v) is 10.9. The van der Waals surface area contributed by atoms with Crippen molar-refractivity contribution >= 4 is 44.5 Å². The first-order valence-corrected chi connectivity index (χ1v) is 16.8. The number of methoxy groups -OCH3 is 1. The van der Waals surface area contributed by atoms with Crippen LogP contribution in [0.1, 0.15) is 34.3 Å². The minimum Gasteiger partial charge on any atom is -0.389 e. The van der Waals surface area contributed by atoms with Gasteiger partial charge in [0.1, 0.15) is 27.5 Å². The number of aromatic nitrogens is 4. The van der Waals surface area contributed by atoms with E-state index in [-0.39, 0.29) is 23.8 Å². The van der Waals surface area contributed by atoms with E-state index in [9.17, 15) is 19.6 Å². The SMILES string of the molecule is COCCc1nc2sc([C@@H]3CC(N(C)CC(=O)N4CC(O)C4)N4CCC=C34)nn2c1N(C)c1nc(-c2ccc(F)cc2)c(C#N)s1. The second kappa shape index (κ2) is 12.3. The fourth-order valence-electron chi connectivity index (χ4n) is 6.50. The first kappa shape index (κ1) is 30.7. The molecule has 7 rings (SSSR count). The number of rotatable bonds is 10. The van der Waals surface area contributed by atoms with Crippen LogP contribution in [0.2, 0.25) is 0 Å². The number of aliphatic hydroxyl groups excluding tert-OH is 1. The quantitative estimate of drug-likeness (QED) is 0.270. The maximum absolute atomic E-state index is 13.6. The number of amides is 1. The number of fused-ring (bicyclic) bond motifs is 2. The summed E-state index contributed by atoms with van der Waals surface area (Å²) in [5.74, 6) is 0.508. The molecule has 0 saturated carbocycles. The van der Waals surface area contributed by atoms with Crippen LogP contribution in [0.3, 0.4) is 0 Å². The van der Waals surface area contributed by atoms with Crippen LogP contribution in [0.25, 0.3) is 16.2 Å². The van der Waals surface area contributed by atoms with Crippen LogP contribution < -0.4 is 4.90 Å². The highest BCUT2D eigenvalue weighted by Gasteiger charge is 2.43. The Hall–Kier alpha value is -3.94. The molecule has 2 saturated heterocycles. The number of benzene rings is 1. The Labute approximate surface area is 273 Å². The number of aliphatic hydroxyl groups is 1. The monoisotopic (exact) mass is 663 g/mol. The molecule has 6 heterocycles. The van der Waals surface area contributed by atoms with Crippen molar-refractivity contribution in [2.75, 3.05) is 58.9 Å².